The maximum absolute atomic E-state index is 12.5. The molecule has 0 aromatic carbocycles. The molecule has 2 aliphatic rings. The highest BCUT2D eigenvalue weighted by Gasteiger charge is 2.43. The first-order valence-electron chi connectivity index (χ1n) is 7.55. The Labute approximate surface area is 130 Å². The number of rotatable bonds is 2. The van der Waals surface area contributed by atoms with E-state index in [9.17, 15) is 22.8 Å². The molecule has 2 heterocycles. The fourth-order valence-electron chi connectivity index (χ4n) is 3.22. The highest BCUT2D eigenvalue weighted by molar-refractivity contribution is 6.21. The number of hydrogen-bond donors (Lipinski definition) is 1. The minimum atomic E-state index is -4.56. The van der Waals surface area contributed by atoms with Crippen LogP contribution in [0.1, 0.15) is 37.8 Å². The number of amides is 3. The predicted octanol–water partition coefficient (Wildman–Crippen LogP) is 3.11. The SMILES string of the molecule is O=C1NC(C2CCCCC2)C(=O)N1c1ccc(C(F)(F)F)nc1. The van der Waals surface area contributed by atoms with E-state index in [2.05, 4.69) is 10.3 Å². The second kappa shape index (κ2) is 5.82. The lowest BCUT2D eigenvalue weighted by molar-refractivity contribution is -0.141. The lowest BCUT2D eigenvalue weighted by atomic mass is 9.84. The van der Waals surface area contributed by atoms with Gasteiger partial charge in [-0.15, -0.1) is 0 Å². The van der Waals surface area contributed by atoms with Gasteiger partial charge in [0.1, 0.15) is 11.7 Å². The molecule has 1 saturated carbocycles. The minimum Gasteiger partial charge on any atom is -0.325 e. The second-order valence-corrected chi connectivity index (χ2v) is 5.90. The number of urea groups is 1. The maximum Gasteiger partial charge on any atom is 0.433 e. The van der Waals surface area contributed by atoms with Crippen LogP contribution in [0.25, 0.3) is 0 Å². The summed E-state index contributed by atoms with van der Waals surface area (Å²) >= 11 is 0. The molecule has 1 aromatic heterocycles. The summed E-state index contributed by atoms with van der Waals surface area (Å²) in [5.41, 5.74) is -1.00. The number of anilines is 1. The Bertz CT molecular complexity index is 609. The van der Waals surface area contributed by atoms with Crippen molar-refractivity contribution in [3.63, 3.8) is 0 Å². The van der Waals surface area contributed by atoms with Crippen molar-refractivity contribution in [2.45, 2.75) is 44.3 Å². The van der Waals surface area contributed by atoms with Crippen molar-refractivity contribution in [2.75, 3.05) is 4.90 Å². The topological polar surface area (TPSA) is 62.3 Å². The van der Waals surface area contributed by atoms with Crippen molar-refractivity contribution < 1.29 is 22.8 Å². The van der Waals surface area contributed by atoms with E-state index in [1.807, 2.05) is 0 Å². The zero-order chi connectivity index (χ0) is 16.6. The van der Waals surface area contributed by atoms with Crippen LogP contribution in [0.5, 0.6) is 0 Å². The van der Waals surface area contributed by atoms with Crippen LogP contribution in [0, 0.1) is 5.92 Å². The fourth-order valence-corrected chi connectivity index (χ4v) is 3.22. The summed E-state index contributed by atoms with van der Waals surface area (Å²) in [4.78, 5) is 28.7. The van der Waals surface area contributed by atoms with Crippen LogP contribution in [-0.2, 0) is 11.0 Å². The predicted molar refractivity (Wildman–Crippen MR) is 75.6 cm³/mol. The molecule has 0 radical (unpaired) electrons. The van der Waals surface area contributed by atoms with E-state index < -0.39 is 29.9 Å². The normalized spacial score (nSPS) is 23.3. The maximum atomic E-state index is 12.5. The van der Waals surface area contributed by atoms with E-state index in [0.29, 0.717) is 0 Å². The van der Waals surface area contributed by atoms with Gasteiger partial charge in [0, 0.05) is 0 Å². The zero-order valence-corrected chi connectivity index (χ0v) is 12.3. The molecule has 1 saturated heterocycles. The lowest BCUT2D eigenvalue weighted by Crippen LogP contribution is -2.38. The summed E-state index contributed by atoms with van der Waals surface area (Å²) in [6.45, 7) is 0. The van der Waals surface area contributed by atoms with Crippen LogP contribution in [0.2, 0.25) is 0 Å². The van der Waals surface area contributed by atoms with Crippen LogP contribution < -0.4 is 10.2 Å². The fraction of sp³-hybridized carbons (Fsp3) is 0.533. The zero-order valence-electron chi connectivity index (χ0n) is 12.3. The molecule has 1 aliphatic carbocycles. The number of alkyl halides is 3. The average molecular weight is 327 g/mol. The van der Waals surface area contributed by atoms with Gasteiger partial charge in [-0.3, -0.25) is 4.79 Å². The molecular weight excluding hydrogens is 311 g/mol. The quantitative estimate of drug-likeness (QED) is 0.849. The summed E-state index contributed by atoms with van der Waals surface area (Å²) in [6.07, 6.45) is 1.26. The van der Waals surface area contributed by atoms with Gasteiger partial charge in [0.05, 0.1) is 11.9 Å². The first kappa shape index (κ1) is 15.8. The van der Waals surface area contributed by atoms with Crippen molar-refractivity contribution in [2.24, 2.45) is 5.92 Å². The largest absolute Gasteiger partial charge is 0.433 e. The number of hydrogen-bond acceptors (Lipinski definition) is 3. The molecule has 1 aromatic rings. The van der Waals surface area contributed by atoms with Crippen LogP contribution >= 0.6 is 0 Å². The molecule has 8 heteroatoms. The van der Waals surface area contributed by atoms with E-state index in [1.165, 1.54) is 0 Å². The Morgan fingerprint density at radius 1 is 1.13 bits per heavy atom. The number of pyridine rings is 1. The van der Waals surface area contributed by atoms with E-state index in [-0.39, 0.29) is 11.6 Å². The molecule has 0 spiro atoms. The van der Waals surface area contributed by atoms with Gasteiger partial charge in [0.2, 0.25) is 0 Å². The van der Waals surface area contributed by atoms with Gasteiger partial charge in [-0.1, -0.05) is 19.3 Å². The summed E-state index contributed by atoms with van der Waals surface area (Å²) in [6, 6.07) is 0.664. The molecule has 3 rings (SSSR count). The lowest BCUT2D eigenvalue weighted by Gasteiger charge is -2.25. The smallest absolute Gasteiger partial charge is 0.325 e. The molecule has 1 atom stereocenters. The van der Waals surface area contributed by atoms with Crippen molar-refractivity contribution in [3.05, 3.63) is 24.0 Å². The number of carbonyl (C=O) groups is 2. The highest BCUT2D eigenvalue weighted by atomic mass is 19.4. The van der Waals surface area contributed by atoms with E-state index in [4.69, 9.17) is 0 Å². The number of imide groups is 1. The molecular formula is C15H16F3N3O2. The number of halogens is 3. The monoisotopic (exact) mass is 327 g/mol. The van der Waals surface area contributed by atoms with E-state index >= 15 is 0 Å². The van der Waals surface area contributed by atoms with Gasteiger partial charge < -0.3 is 5.32 Å². The second-order valence-electron chi connectivity index (χ2n) is 5.90. The molecule has 0 bridgehead atoms. The molecule has 1 N–H and O–H groups in total. The van der Waals surface area contributed by atoms with Crippen molar-refractivity contribution in [1.82, 2.24) is 10.3 Å². The molecule has 2 fully saturated rings. The number of aromatic nitrogens is 1. The van der Waals surface area contributed by atoms with Crippen LogP contribution in [0.3, 0.4) is 0 Å². The van der Waals surface area contributed by atoms with Crippen LogP contribution in [0.4, 0.5) is 23.7 Å². The summed E-state index contributed by atoms with van der Waals surface area (Å²) < 4.78 is 37.6. The van der Waals surface area contributed by atoms with Gasteiger partial charge in [0.25, 0.3) is 5.91 Å². The molecule has 23 heavy (non-hydrogen) atoms. The number of nitrogens with one attached hydrogen (secondary N) is 1. The Balaban J connectivity index is 1.79. The third kappa shape index (κ3) is 3.02. The summed E-state index contributed by atoms with van der Waals surface area (Å²) in [5.74, 6) is -0.323. The molecule has 124 valence electrons. The van der Waals surface area contributed by atoms with E-state index in [0.717, 1.165) is 55.3 Å². The third-order valence-corrected chi connectivity index (χ3v) is 4.39. The molecule has 1 aliphatic heterocycles. The number of carbonyl (C=O) groups excluding carboxylic acids is 2. The van der Waals surface area contributed by atoms with Gasteiger partial charge >= 0.3 is 12.2 Å². The summed E-state index contributed by atoms with van der Waals surface area (Å²) in [7, 11) is 0. The van der Waals surface area contributed by atoms with Crippen molar-refractivity contribution >= 4 is 17.6 Å². The number of nitrogens with zero attached hydrogens (tertiary/aromatic N) is 2. The van der Waals surface area contributed by atoms with Gasteiger partial charge in [0.15, 0.2) is 0 Å². The van der Waals surface area contributed by atoms with Crippen LogP contribution in [-0.4, -0.2) is 23.0 Å². The van der Waals surface area contributed by atoms with Crippen molar-refractivity contribution in [1.29, 1.82) is 0 Å². The average Bonchev–Trinajstić information content (AvgIpc) is 2.82. The molecule has 1 unspecified atom stereocenters. The van der Waals surface area contributed by atoms with Crippen molar-refractivity contribution in [3.8, 4) is 0 Å². The third-order valence-electron chi connectivity index (χ3n) is 4.39. The van der Waals surface area contributed by atoms with Crippen LogP contribution in [0.15, 0.2) is 18.3 Å². The van der Waals surface area contributed by atoms with Gasteiger partial charge in [-0.2, -0.15) is 13.2 Å². The Morgan fingerprint density at radius 2 is 1.83 bits per heavy atom. The van der Waals surface area contributed by atoms with Gasteiger partial charge in [-0.25, -0.2) is 14.7 Å². The standard InChI is InChI=1S/C15H16F3N3O2/c16-15(17,18)11-7-6-10(8-19-11)21-13(22)12(20-14(21)23)9-4-2-1-3-5-9/h6-9,12H,1-5H2,(H,20,23). The highest BCUT2D eigenvalue weighted by Crippen LogP contribution is 2.32. The van der Waals surface area contributed by atoms with E-state index in [1.54, 1.807) is 0 Å². The molecule has 3 amide bonds. The summed E-state index contributed by atoms with van der Waals surface area (Å²) in [5, 5.41) is 2.65. The Hall–Kier alpha value is -2.12. The first-order chi connectivity index (χ1) is 10.9. The molecule has 5 nitrogen and oxygen atoms in total. The first-order valence-corrected chi connectivity index (χ1v) is 7.55. The minimum absolute atomic E-state index is 0.0545. The Morgan fingerprint density at radius 3 is 2.39 bits per heavy atom. The van der Waals surface area contributed by atoms with Gasteiger partial charge in [-0.05, 0) is 30.9 Å². The Kier molecular flexibility index (Phi) is 3.99.